The summed E-state index contributed by atoms with van der Waals surface area (Å²) in [5.74, 6) is -0.297. The second-order valence-corrected chi connectivity index (χ2v) is 5.82. The maximum Gasteiger partial charge on any atom is 0.216 e. The van der Waals surface area contributed by atoms with Crippen LogP contribution in [0.25, 0.3) is 0 Å². The van der Waals surface area contributed by atoms with Crippen molar-refractivity contribution in [1.82, 2.24) is 5.32 Å². The normalized spacial score (nSPS) is 14.0. The molecule has 116 valence electrons. The fourth-order valence-electron chi connectivity index (χ4n) is 2.19. The average Bonchev–Trinajstić information content (AvgIpc) is 2.68. The van der Waals surface area contributed by atoms with Crippen LogP contribution in [0.3, 0.4) is 0 Å². The summed E-state index contributed by atoms with van der Waals surface area (Å²) in [6.45, 7) is 2.62. The summed E-state index contributed by atoms with van der Waals surface area (Å²) in [6, 6.07) is 7.89. The van der Waals surface area contributed by atoms with Crippen molar-refractivity contribution in [1.29, 1.82) is 0 Å². The Bertz CT molecular complexity index is 637. The van der Waals surface area contributed by atoms with Crippen molar-refractivity contribution in [2.24, 2.45) is 0 Å². The highest BCUT2D eigenvalue weighted by molar-refractivity contribution is 9.10. The Morgan fingerprint density at radius 1 is 1.36 bits per heavy atom. The molecule has 0 unspecified atom stereocenters. The van der Waals surface area contributed by atoms with Crippen LogP contribution < -0.4 is 10.2 Å². The lowest BCUT2D eigenvalue weighted by atomic mass is 10.2. The lowest BCUT2D eigenvalue weighted by molar-refractivity contribution is -0.118. The minimum atomic E-state index is -0.234. The third-order valence-electron chi connectivity index (χ3n) is 3.19. The molecule has 1 aromatic carbocycles. The van der Waals surface area contributed by atoms with E-state index in [9.17, 15) is 9.18 Å². The first-order chi connectivity index (χ1) is 10.6. The largest absolute Gasteiger partial charge is 0.355 e. The number of amides is 1. The number of carbonyl (C=O) groups is 1. The van der Waals surface area contributed by atoms with Crippen LogP contribution >= 0.6 is 15.9 Å². The number of rotatable bonds is 5. The van der Waals surface area contributed by atoms with Crippen LogP contribution in [0, 0.1) is 0 Å². The smallest absolute Gasteiger partial charge is 0.216 e. The summed E-state index contributed by atoms with van der Waals surface area (Å²) in [4.78, 5) is 13.1. The van der Waals surface area contributed by atoms with Gasteiger partial charge in [0.1, 0.15) is 5.83 Å². The van der Waals surface area contributed by atoms with Crippen molar-refractivity contribution in [3.8, 4) is 0 Å². The van der Waals surface area contributed by atoms with Gasteiger partial charge in [0.25, 0.3) is 0 Å². The van der Waals surface area contributed by atoms with Crippen LogP contribution in [0.1, 0.15) is 13.3 Å². The Morgan fingerprint density at radius 2 is 2.18 bits per heavy atom. The van der Waals surface area contributed by atoms with E-state index in [1.807, 2.05) is 30.3 Å². The molecule has 0 fully saturated rings. The van der Waals surface area contributed by atoms with E-state index in [0.29, 0.717) is 19.5 Å². The van der Waals surface area contributed by atoms with Crippen LogP contribution in [-0.4, -0.2) is 19.0 Å². The minimum Gasteiger partial charge on any atom is -0.355 e. The molecule has 0 radical (unpaired) electrons. The van der Waals surface area contributed by atoms with E-state index in [1.165, 1.54) is 19.1 Å². The SMILES string of the molecule is CC(=O)NCCN(C1=CCC=C(F)C=C1)c1cccc(Br)c1. The number of halogens is 2. The predicted molar refractivity (Wildman–Crippen MR) is 91.2 cm³/mol. The molecule has 0 saturated carbocycles. The number of carbonyl (C=O) groups excluding carboxylic acids is 1. The van der Waals surface area contributed by atoms with E-state index in [1.54, 1.807) is 6.08 Å². The van der Waals surface area contributed by atoms with Crippen LogP contribution in [-0.2, 0) is 4.79 Å². The first-order valence-electron chi connectivity index (χ1n) is 7.07. The molecule has 22 heavy (non-hydrogen) atoms. The molecule has 5 heteroatoms. The first kappa shape index (κ1) is 16.5. The maximum atomic E-state index is 13.4. The highest BCUT2D eigenvalue weighted by Gasteiger charge is 2.12. The fraction of sp³-hybridized carbons (Fsp3) is 0.235. The van der Waals surface area contributed by atoms with Crippen molar-refractivity contribution >= 4 is 27.5 Å². The van der Waals surface area contributed by atoms with Crippen LogP contribution in [0.5, 0.6) is 0 Å². The van der Waals surface area contributed by atoms with Gasteiger partial charge < -0.3 is 10.2 Å². The summed E-state index contributed by atoms with van der Waals surface area (Å²) >= 11 is 3.47. The van der Waals surface area contributed by atoms with Gasteiger partial charge in [-0.05, 0) is 42.8 Å². The van der Waals surface area contributed by atoms with E-state index in [-0.39, 0.29) is 11.7 Å². The van der Waals surface area contributed by atoms with E-state index in [4.69, 9.17) is 0 Å². The number of hydrogen-bond acceptors (Lipinski definition) is 2. The summed E-state index contributed by atoms with van der Waals surface area (Å²) in [6.07, 6.45) is 7.27. The predicted octanol–water partition coefficient (Wildman–Crippen LogP) is 4.09. The lowest BCUT2D eigenvalue weighted by Crippen LogP contribution is -2.33. The summed E-state index contributed by atoms with van der Waals surface area (Å²) in [5, 5.41) is 2.79. The molecule has 0 heterocycles. The van der Waals surface area contributed by atoms with Gasteiger partial charge in [-0.15, -0.1) is 0 Å². The molecule has 1 N–H and O–H groups in total. The molecular weight excluding hydrogens is 347 g/mol. The molecule has 0 bridgehead atoms. The van der Waals surface area contributed by atoms with Crippen molar-refractivity contribution in [3.63, 3.8) is 0 Å². The average molecular weight is 365 g/mol. The van der Waals surface area contributed by atoms with E-state index >= 15 is 0 Å². The molecular formula is C17H18BrFN2O. The molecule has 3 nitrogen and oxygen atoms in total. The molecule has 2 rings (SSSR count). The summed E-state index contributed by atoms with van der Waals surface area (Å²) in [5.41, 5.74) is 1.89. The molecule has 0 aromatic heterocycles. The zero-order valence-corrected chi connectivity index (χ0v) is 13.9. The number of allylic oxidation sites excluding steroid dienone is 5. The van der Waals surface area contributed by atoms with Crippen molar-refractivity contribution < 1.29 is 9.18 Å². The molecule has 1 aromatic rings. The van der Waals surface area contributed by atoms with Gasteiger partial charge in [0, 0.05) is 35.9 Å². The zero-order chi connectivity index (χ0) is 15.9. The third kappa shape index (κ3) is 4.84. The van der Waals surface area contributed by atoms with E-state index in [2.05, 4.69) is 26.1 Å². The Balaban J connectivity index is 2.23. The summed E-state index contributed by atoms with van der Waals surface area (Å²) in [7, 11) is 0. The van der Waals surface area contributed by atoms with Gasteiger partial charge in [0.15, 0.2) is 0 Å². The fourth-order valence-corrected chi connectivity index (χ4v) is 2.58. The Labute approximate surface area is 138 Å². The molecule has 1 aliphatic carbocycles. The number of anilines is 1. The van der Waals surface area contributed by atoms with Crippen molar-refractivity contribution in [3.05, 3.63) is 64.6 Å². The molecule has 0 saturated heterocycles. The van der Waals surface area contributed by atoms with Gasteiger partial charge in [-0.1, -0.05) is 28.1 Å². The van der Waals surface area contributed by atoms with Crippen LogP contribution in [0.2, 0.25) is 0 Å². The van der Waals surface area contributed by atoms with Gasteiger partial charge >= 0.3 is 0 Å². The molecule has 0 spiro atoms. The van der Waals surface area contributed by atoms with E-state index in [0.717, 1.165) is 15.9 Å². The Hall–Kier alpha value is -1.88. The monoisotopic (exact) mass is 364 g/mol. The second-order valence-electron chi connectivity index (χ2n) is 4.90. The Morgan fingerprint density at radius 3 is 2.91 bits per heavy atom. The maximum absolute atomic E-state index is 13.4. The number of benzene rings is 1. The highest BCUT2D eigenvalue weighted by Crippen LogP contribution is 2.25. The van der Waals surface area contributed by atoms with Crippen LogP contribution in [0.15, 0.2) is 64.6 Å². The summed E-state index contributed by atoms with van der Waals surface area (Å²) < 4.78 is 14.3. The van der Waals surface area contributed by atoms with Crippen molar-refractivity contribution in [2.75, 3.05) is 18.0 Å². The number of hydrogen-bond donors (Lipinski definition) is 1. The highest BCUT2D eigenvalue weighted by atomic mass is 79.9. The lowest BCUT2D eigenvalue weighted by Gasteiger charge is -2.26. The standard InChI is InChI=1S/C17H18BrFN2O/c1-13(22)20-10-11-21(17-7-2-4-14(18)12-17)16-6-3-5-15(19)8-9-16/h2,4-9,12H,3,10-11H2,1H3,(H,20,22). The number of nitrogens with zero attached hydrogens (tertiary/aromatic N) is 1. The molecule has 1 amide bonds. The van der Waals surface area contributed by atoms with E-state index < -0.39 is 0 Å². The van der Waals surface area contributed by atoms with Crippen LogP contribution in [0.4, 0.5) is 10.1 Å². The molecule has 1 aliphatic rings. The Kier molecular flexibility index (Phi) is 5.95. The number of nitrogens with one attached hydrogen (secondary N) is 1. The van der Waals surface area contributed by atoms with Gasteiger partial charge in [0.05, 0.1) is 0 Å². The zero-order valence-electron chi connectivity index (χ0n) is 12.4. The van der Waals surface area contributed by atoms with Gasteiger partial charge in [-0.2, -0.15) is 0 Å². The minimum absolute atomic E-state index is 0.0627. The molecule has 0 atom stereocenters. The first-order valence-corrected chi connectivity index (χ1v) is 7.87. The molecule has 0 aliphatic heterocycles. The van der Waals surface area contributed by atoms with Gasteiger partial charge in [-0.25, -0.2) is 4.39 Å². The quantitative estimate of drug-likeness (QED) is 0.853. The van der Waals surface area contributed by atoms with Gasteiger partial charge in [-0.3, -0.25) is 4.79 Å². The topological polar surface area (TPSA) is 32.3 Å². The van der Waals surface area contributed by atoms with Gasteiger partial charge in [0.2, 0.25) is 5.91 Å². The third-order valence-corrected chi connectivity index (χ3v) is 3.69. The second kappa shape index (κ2) is 7.94. The van der Waals surface area contributed by atoms with Crippen molar-refractivity contribution in [2.45, 2.75) is 13.3 Å².